The normalized spacial score (nSPS) is 11.5. The molecule has 1 amide bonds. The highest BCUT2D eigenvalue weighted by molar-refractivity contribution is 5.95. The number of methoxy groups -OCH3 is 1. The van der Waals surface area contributed by atoms with E-state index in [1.165, 1.54) is 25.3 Å². The molecule has 0 heterocycles. The van der Waals surface area contributed by atoms with Crippen molar-refractivity contribution in [3.63, 3.8) is 0 Å². The number of nitro benzene ring substituents is 1. The van der Waals surface area contributed by atoms with Crippen LogP contribution in [0.3, 0.4) is 0 Å². The van der Waals surface area contributed by atoms with Crippen molar-refractivity contribution >= 4 is 11.6 Å². The summed E-state index contributed by atoms with van der Waals surface area (Å²) in [6.45, 7) is 1.49. The molecule has 0 radical (unpaired) electrons. The maximum atomic E-state index is 12.1. The zero-order valence-electron chi connectivity index (χ0n) is 14.5. The summed E-state index contributed by atoms with van der Waals surface area (Å²) in [6.07, 6.45) is -0.954. The minimum absolute atomic E-state index is 0.0469. The van der Waals surface area contributed by atoms with Crippen molar-refractivity contribution in [1.82, 2.24) is 5.32 Å². The van der Waals surface area contributed by atoms with Crippen molar-refractivity contribution in [3.05, 3.63) is 63.7 Å². The van der Waals surface area contributed by atoms with E-state index in [9.17, 15) is 20.0 Å². The van der Waals surface area contributed by atoms with Crippen molar-refractivity contribution in [2.45, 2.75) is 13.0 Å². The van der Waals surface area contributed by atoms with Gasteiger partial charge in [-0.3, -0.25) is 14.9 Å². The van der Waals surface area contributed by atoms with Gasteiger partial charge in [0.25, 0.3) is 11.6 Å². The summed E-state index contributed by atoms with van der Waals surface area (Å²) in [5, 5.41) is 23.4. The third-order valence-electron chi connectivity index (χ3n) is 3.67. The SMILES string of the molecule is COc1ccccc1OC[C@@H](O)CNC(=O)c1ccc(C)c([N+](=O)[O-])c1. The Balaban J connectivity index is 1.89. The van der Waals surface area contributed by atoms with Crippen molar-refractivity contribution in [1.29, 1.82) is 0 Å². The Bertz CT molecular complexity index is 793. The number of nitro groups is 1. The zero-order valence-corrected chi connectivity index (χ0v) is 14.5. The maximum Gasteiger partial charge on any atom is 0.273 e. The van der Waals surface area contributed by atoms with E-state index < -0.39 is 16.9 Å². The quantitative estimate of drug-likeness (QED) is 0.551. The number of para-hydroxylation sites is 2. The summed E-state index contributed by atoms with van der Waals surface area (Å²) in [5.74, 6) is 0.509. The number of carbonyl (C=O) groups is 1. The first kappa shape index (κ1) is 19.2. The molecule has 1 atom stereocenters. The topological polar surface area (TPSA) is 111 Å². The number of carbonyl (C=O) groups excluding carboxylic acids is 1. The number of benzene rings is 2. The van der Waals surface area contributed by atoms with E-state index in [1.807, 2.05) is 0 Å². The average molecular weight is 360 g/mol. The number of nitrogens with one attached hydrogen (secondary N) is 1. The molecule has 2 rings (SSSR count). The van der Waals surface area contributed by atoms with Crippen LogP contribution in [0.25, 0.3) is 0 Å². The monoisotopic (exact) mass is 360 g/mol. The summed E-state index contributed by atoms with van der Waals surface area (Å²) in [6, 6.07) is 11.2. The molecule has 0 aliphatic heterocycles. The first-order valence-corrected chi connectivity index (χ1v) is 7.89. The summed E-state index contributed by atoms with van der Waals surface area (Å²) in [4.78, 5) is 22.5. The van der Waals surface area contributed by atoms with Crippen LogP contribution >= 0.6 is 0 Å². The molecule has 0 aromatic heterocycles. The lowest BCUT2D eigenvalue weighted by molar-refractivity contribution is -0.385. The largest absolute Gasteiger partial charge is 0.493 e. The van der Waals surface area contributed by atoms with E-state index in [1.54, 1.807) is 31.2 Å². The van der Waals surface area contributed by atoms with Gasteiger partial charge in [0.2, 0.25) is 0 Å². The molecular formula is C18H20N2O6. The van der Waals surface area contributed by atoms with Gasteiger partial charge in [-0.2, -0.15) is 0 Å². The minimum Gasteiger partial charge on any atom is -0.493 e. The molecule has 0 saturated carbocycles. The van der Waals surface area contributed by atoms with Crippen LogP contribution in [-0.4, -0.2) is 42.3 Å². The summed E-state index contributed by atoms with van der Waals surface area (Å²) in [5.41, 5.74) is 0.495. The Hall–Kier alpha value is -3.13. The number of hydrogen-bond donors (Lipinski definition) is 2. The molecule has 2 N–H and O–H groups in total. The molecule has 0 aliphatic carbocycles. The lowest BCUT2D eigenvalue weighted by Crippen LogP contribution is -2.35. The zero-order chi connectivity index (χ0) is 19.1. The fourth-order valence-electron chi connectivity index (χ4n) is 2.24. The van der Waals surface area contributed by atoms with Crippen LogP contribution in [0.1, 0.15) is 15.9 Å². The summed E-state index contributed by atoms with van der Waals surface area (Å²) >= 11 is 0. The van der Waals surface area contributed by atoms with Crippen LogP contribution in [0, 0.1) is 17.0 Å². The molecular weight excluding hydrogens is 340 g/mol. The van der Waals surface area contributed by atoms with Crippen LogP contribution in [0.5, 0.6) is 11.5 Å². The molecule has 138 valence electrons. The van der Waals surface area contributed by atoms with Crippen LogP contribution in [-0.2, 0) is 0 Å². The second-order valence-electron chi connectivity index (χ2n) is 5.58. The van der Waals surface area contributed by atoms with Crippen LogP contribution in [0.4, 0.5) is 5.69 Å². The first-order valence-electron chi connectivity index (χ1n) is 7.89. The molecule has 26 heavy (non-hydrogen) atoms. The van der Waals surface area contributed by atoms with Gasteiger partial charge in [0.05, 0.1) is 12.0 Å². The molecule has 0 fully saturated rings. The van der Waals surface area contributed by atoms with Gasteiger partial charge in [-0.15, -0.1) is 0 Å². The van der Waals surface area contributed by atoms with E-state index in [2.05, 4.69) is 5.32 Å². The fourth-order valence-corrected chi connectivity index (χ4v) is 2.24. The van der Waals surface area contributed by atoms with Gasteiger partial charge in [-0.1, -0.05) is 18.2 Å². The number of amides is 1. The molecule has 0 unspecified atom stereocenters. The Labute approximate surface area is 150 Å². The van der Waals surface area contributed by atoms with Crippen molar-refractivity contribution < 1.29 is 24.3 Å². The lowest BCUT2D eigenvalue weighted by atomic mass is 10.1. The molecule has 0 spiro atoms. The van der Waals surface area contributed by atoms with Gasteiger partial charge in [-0.25, -0.2) is 0 Å². The molecule has 0 saturated heterocycles. The third-order valence-corrected chi connectivity index (χ3v) is 3.67. The molecule has 8 nitrogen and oxygen atoms in total. The van der Waals surface area contributed by atoms with Gasteiger partial charge in [-0.05, 0) is 25.1 Å². The molecule has 2 aromatic rings. The van der Waals surface area contributed by atoms with Crippen LogP contribution in [0.15, 0.2) is 42.5 Å². The second kappa shape index (κ2) is 8.82. The minimum atomic E-state index is -0.954. The number of aliphatic hydroxyl groups excluding tert-OH is 1. The van der Waals surface area contributed by atoms with Gasteiger partial charge in [0.15, 0.2) is 11.5 Å². The highest BCUT2D eigenvalue weighted by Crippen LogP contribution is 2.25. The van der Waals surface area contributed by atoms with Gasteiger partial charge in [0, 0.05) is 23.7 Å². The van der Waals surface area contributed by atoms with Crippen molar-refractivity contribution in [2.75, 3.05) is 20.3 Å². The first-order chi connectivity index (χ1) is 12.4. The highest BCUT2D eigenvalue weighted by Gasteiger charge is 2.16. The number of aliphatic hydroxyl groups is 1. The summed E-state index contributed by atoms with van der Waals surface area (Å²) in [7, 11) is 1.51. The fraction of sp³-hybridized carbons (Fsp3) is 0.278. The highest BCUT2D eigenvalue weighted by atomic mass is 16.6. The maximum absolute atomic E-state index is 12.1. The number of ether oxygens (including phenoxy) is 2. The van der Waals surface area contributed by atoms with E-state index in [4.69, 9.17) is 9.47 Å². The predicted molar refractivity (Wildman–Crippen MR) is 94.7 cm³/mol. The van der Waals surface area contributed by atoms with Gasteiger partial charge in [0.1, 0.15) is 12.7 Å². The molecule has 0 bridgehead atoms. The number of hydrogen-bond acceptors (Lipinski definition) is 6. The van der Waals surface area contributed by atoms with Crippen LogP contribution < -0.4 is 14.8 Å². The van der Waals surface area contributed by atoms with Gasteiger partial charge < -0.3 is 19.9 Å². The number of aryl methyl sites for hydroxylation is 1. The van der Waals surface area contributed by atoms with E-state index in [-0.39, 0.29) is 24.4 Å². The Kier molecular flexibility index (Phi) is 6.51. The van der Waals surface area contributed by atoms with Crippen molar-refractivity contribution in [2.24, 2.45) is 0 Å². The van der Waals surface area contributed by atoms with E-state index >= 15 is 0 Å². The second-order valence-corrected chi connectivity index (χ2v) is 5.58. The Morgan fingerprint density at radius 1 is 1.27 bits per heavy atom. The van der Waals surface area contributed by atoms with Crippen LogP contribution in [0.2, 0.25) is 0 Å². The van der Waals surface area contributed by atoms with Crippen molar-refractivity contribution in [3.8, 4) is 11.5 Å². The molecule has 8 heteroatoms. The standard InChI is InChI=1S/C18H20N2O6/c1-12-7-8-13(9-15(12)20(23)24)18(22)19-10-14(21)11-26-17-6-4-3-5-16(17)25-2/h3-9,14,21H,10-11H2,1-2H3,(H,19,22)/t14-/m0/s1. The number of nitrogens with zero attached hydrogens (tertiary/aromatic N) is 1. The molecule has 2 aromatic carbocycles. The molecule has 0 aliphatic rings. The van der Waals surface area contributed by atoms with E-state index in [0.29, 0.717) is 17.1 Å². The van der Waals surface area contributed by atoms with E-state index in [0.717, 1.165) is 0 Å². The Morgan fingerprint density at radius 2 is 1.96 bits per heavy atom. The predicted octanol–water partition coefficient (Wildman–Crippen LogP) is 2.08. The number of rotatable bonds is 8. The Morgan fingerprint density at radius 3 is 2.62 bits per heavy atom. The summed E-state index contributed by atoms with van der Waals surface area (Å²) < 4.78 is 10.6. The lowest BCUT2D eigenvalue weighted by Gasteiger charge is -2.15. The average Bonchev–Trinajstić information content (AvgIpc) is 2.64. The van der Waals surface area contributed by atoms with Gasteiger partial charge >= 0.3 is 0 Å². The third kappa shape index (κ3) is 4.93. The smallest absolute Gasteiger partial charge is 0.273 e.